The number of rotatable bonds is 3. The molecule has 22 heavy (non-hydrogen) atoms. The average Bonchev–Trinajstić information content (AvgIpc) is 3.20. The molecule has 5 heteroatoms. The van der Waals surface area contributed by atoms with E-state index in [2.05, 4.69) is 11.4 Å². The van der Waals surface area contributed by atoms with Gasteiger partial charge in [-0.15, -0.1) is 0 Å². The van der Waals surface area contributed by atoms with E-state index >= 15 is 0 Å². The molecule has 2 saturated heterocycles. The highest BCUT2D eigenvalue weighted by molar-refractivity contribution is 5.96. The van der Waals surface area contributed by atoms with Crippen LogP contribution in [0.5, 0.6) is 0 Å². The van der Waals surface area contributed by atoms with Gasteiger partial charge >= 0.3 is 5.97 Å². The Labute approximate surface area is 128 Å². The SMILES string of the molecule is O=C(O)[C@@H]1[C@@H](C(=O)Nc2ccc3c(c2)CCC3)[C@@H]2CC[C@@H]1O2. The fourth-order valence-corrected chi connectivity index (χ4v) is 4.20. The summed E-state index contributed by atoms with van der Waals surface area (Å²) in [4.78, 5) is 24.0. The van der Waals surface area contributed by atoms with Gasteiger partial charge in [-0.2, -0.15) is 0 Å². The van der Waals surface area contributed by atoms with Crippen molar-refractivity contribution < 1.29 is 19.4 Å². The number of carbonyl (C=O) groups is 2. The lowest BCUT2D eigenvalue weighted by Gasteiger charge is -2.24. The maximum atomic E-state index is 12.6. The third kappa shape index (κ3) is 2.11. The first-order valence-corrected chi connectivity index (χ1v) is 7.94. The average molecular weight is 301 g/mol. The highest BCUT2D eigenvalue weighted by Gasteiger charge is 2.55. The van der Waals surface area contributed by atoms with Gasteiger partial charge in [0, 0.05) is 5.69 Å². The number of carboxylic acid groups (broad SMARTS) is 1. The lowest BCUT2D eigenvalue weighted by Crippen LogP contribution is -2.40. The number of ether oxygens (including phenoxy) is 1. The number of fused-ring (bicyclic) bond motifs is 3. The van der Waals surface area contributed by atoms with Crippen LogP contribution in [0.25, 0.3) is 0 Å². The predicted octanol–water partition coefficient (Wildman–Crippen LogP) is 1.99. The number of aryl methyl sites for hydroxylation is 2. The monoisotopic (exact) mass is 301 g/mol. The largest absolute Gasteiger partial charge is 0.481 e. The Morgan fingerprint density at radius 1 is 1.09 bits per heavy atom. The van der Waals surface area contributed by atoms with Crippen molar-refractivity contribution in [3.63, 3.8) is 0 Å². The Morgan fingerprint density at radius 3 is 2.59 bits per heavy atom. The molecule has 3 aliphatic rings. The van der Waals surface area contributed by atoms with Crippen LogP contribution < -0.4 is 5.32 Å². The molecule has 0 radical (unpaired) electrons. The normalized spacial score (nSPS) is 32.0. The zero-order valence-corrected chi connectivity index (χ0v) is 12.2. The summed E-state index contributed by atoms with van der Waals surface area (Å²) in [5.74, 6) is -2.45. The molecule has 2 fully saturated rings. The molecule has 0 spiro atoms. The zero-order valence-electron chi connectivity index (χ0n) is 12.2. The summed E-state index contributed by atoms with van der Waals surface area (Å²) in [6, 6.07) is 5.99. The Balaban J connectivity index is 1.53. The van der Waals surface area contributed by atoms with E-state index < -0.39 is 17.8 Å². The summed E-state index contributed by atoms with van der Waals surface area (Å²) >= 11 is 0. The third-order valence-corrected chi connectivity index (χ3v) is 5.23. The minimum atomic E-state index is -0.929. The van der Waals surface area contributed by atoms with Gasteiger partial charge < -0.3 is 15.2 Å². The minimum Gasteiger partial charge on any atom is -0.481 e. The molecule has 1 aromatic carbocycles. The van der Waals surface area contributed by atoms with Crippen molar-refractivity contribution >= 4 is 17.6 Å². The Kier molecular flexibility index (Phi) is 3.18. The van der Waals surface area contributed by atoms with Crippen molar-refractivity contribution in [2.75, 3.05) is 5.32 Å². The zero-order chi connectivity index (χ0) is 15.3. The van der Waals surface area contributed by atoms with Crippen LogP contribution in [0.3, 0.4) is 0 Å². The molecular weight excluding hydrogens is 282 g/mol. The highest BCUT2D eigenvalue weighted by atomic mass is 16.5. The molecule has 2 aliphatic heterocycles. The summed E-state index contributed by atoms with van der Waals surface area (Å²) in [6.07, 6.45) is 4.27. The van der Waals surface area contributed by atoms with E-state index in [9.17, 15) is 14.7 Å². The van der Waals surface area contributed by atoms with Gasteiger partial charge in [-0.05, 0) is 55.4 Å². The highest BCUT2D eigenvalue weighted by Crippen LogP contribution is 2.44. The lowest BCUT2D eigenvalue weighted by atomic mass is 9.78. The Hall–Kier alpha value is -1.88. The molecule has 4 atom stereocenters. The summed E-state index contributed by atoms with van der Waals surface area (Å²) in [6.45, 7) is 0. The van der Waals surface area contributed by atoms with Crippen LogP contribution in [-0.4, -0.2) is 29.2 Å². The number of hydrogen-bond acceptors (Lipinski definition) is 3. The van der Waals surface area contributed by atoms with Gasteiger partial charge in [-0.25, -0.2) is 0 Å². The first-order valence-electron chi connectivity index (χ1n) is 7.94. The summed E-state index contributed by atoms with van der Waals surface area (Å²) < 4.78 is 5.65. The maximum Gasteiger partial charge on any atom is 0.310 e. The summed E-state index contributed by atoms with van der Waals surface area (Å²) in [5.41, 5.74) is 3.40. The number of carbonyl (C=O) groups excluding carboxylic acids is 1. The van der Waals surface area contributed by atoms with Crippen LogP contribution in [0, 0.1) is 11.8 Å². The predicted molar refractivity (Wildman–Crippen MR) is 79.6 cm³/mol. The van der Waals surface area contributed by atoms with Crippen LogP contribution in [-0.2, 0) is 27.2 Å². The van der Waals surface area contributed by atoms with Gasteiger partial charge in [0.25, 0.3) is 0 Å². The van der Waals surface area contributed by atoms with Crippen LogP contribution in [0.15, 0.2) is 18.2 Å². The van der Waals surface area contributed by atoms with Crippen molar-refractivity contribution in [2.45, 2.75) is 44.3 Å². The molecule has 1 aromatic rings. The topological polar surface area (TPSA) is 75.6 Å². The van der Waals surface area contributed by atoms with Crippen molar-refractivity contribution in [3.8, 4) is 0 Å². The quantitative estimate of drug-likeness (QED) is 0.895. The van der Waals surface area contributed by atoms with Gasteiger partial charge in [0.05, 0.1) is 24.0 Å². The van der Waals surface area contributed by atoms with E-state index in [0.29, 0.717) is 0 Å². The van der Waals surface area contributed by atoms with Crippen molar-refractivity contribution in [1.82, 2.24) is 0 Å². The molecule has 5 nitrogen and oxygen atoms in total. The van der Waals surface area contributed by atoms with E-state index in [1.54, 1.807) is 0 Å². The Bertz CT molecular complexity index is 642. The van der Waals surface area contributed by atoms with Gasteiger partial charge in [0.1, 0.15) is 0 Å². The number of benzene rings is 1. The molecule has 0 unspecified atom stereocenters. The first kappa shape index (κ1) is 13.8. The van der Waals surface area contributed by atoms with Crippen LogP contribution >= 0.6 is 0 Å². The fraction of sp³-hybridized carbons (Fsp3) is 0.529. The number of aliphatic carboxylic acids is 1. The maximum absolute atomic E-state index is 12.6. The number of nitrogens with one attached hydrogen (secondary N) is 1. The molecule has 2 N–H and O–H groups in total. The molecular formula is C17H19NO4. The Morgan fingerprint density at radius 2 is 1.82 bits per heavy atom. The lowest BCUT2D eigenvalue weighted by molar-refractivity contribution is -0.147. The molecule has 116 valence electrons. The van der Waals surface area contributed by atoms with E-state index in [1.807, 2.05) is 12.1 Å². The fourth-order valence-electron chi connectivity index (χ4n) is 4.20. The molecule has 4 rings (SSSR count). The smallest absolute Gasteiger partial charge is 0.310 e. The van der Waals surface area contributed by atoms with Gasteiger partial charge in [-0.3, -0.25) is 9.59 Å². The second-order valence-corrected chi connectivity index (χ2v) is 6.51. The van der Waals surface area contributed by atoms with E-state index in [0.717, 1.165) is 37.8 Å². The number of anilines is 1. The van der Waals surface area contributed by atoms with Crippen molar-refractivity contribution in [2.24, 2.45) is 11.8 Å². The number of amides is 1. The second kappa shape index (κ2) is 5.09. The van der Waals surface area contributed by atoms with Crippen molar-refractivity contribution in [1.29, 1.82) is 0 Å². The van der Waals surface area contributed by atoms with Crippen LogP contribution in [0.4, 0.5) is 5.69 Å². The van der Waals surface area contributed by atoms with Crippen molar-refractivity contribution in [3.05, 3.63) is 29.3 Å². The number of hydrogen-bond donors (Lipinski definition) is 2. The third-order valence-electron chi connectivity index (χ3n) is 5.23. The van der Waals surface area contributed by atoms with Gasteiger partial charge in [0.15, 0.2) is 0 Å². The van der Waals surface area contributed by atoms with Gasteiger partial charge in [-0.1, -0.05) is 6.07 Å². The summed E-state index contributed by atoms with van der Waals surface area (Å²) in [5, 5.41) is 12.3. The minimum absolute atomic E-state index is 0.224. The second-order valence-electron chi connectivity index (χ2n) is 6.51. The van der Waals surface area contributed by atoms with Crippen LogP contribution in [0.2, 0.25) is 0 Å². The molecule has 1 aliphatic carbocycles. The standard InChI is InChI=1S/C17H19NO4/c19-16(14-12-6-7-13(22-12)15(14)17(20)21)18-11-5-4-9-2-1-3-10(9)8-11/h4-5,8,12-15H,1-3,6-7H2,(H,18,19)(H,20,21)/t12-,13-,14-,15-/m0/s1. The molecule has 0 saturated carbocycles. The van der Waals surface area contributed by atoms with E-state index in [1.165, 1.54) is 11.1 Å². The van der Waals surface area contributed by atoms with Gasteiger partial charge in [0.2, 0.25) is 5.91 Å². The van der Waals surface area contributed by atoms with E-state index in [-0.39, 0.29) is 18.1 Å². The van der Waals surface area contributed by atoms with E-state index in [4.69, 9.17) is 4.74 Å². The molecule has 2 heterocycles. The molecule has 2 bridgehead atoms. The molecule has 1 amide bonds. The van der Waals surface area contributed by atoms with Crippen LogP contribution in [0.1, 0.15) is 30.4 Å². The first-order chi connectivity index (χ1) is 10.6. The number of carboxylic acids is 1. The summed E-state index contributed by atoms with van der Waals surface area (Å²) in [7, 11) is 0. The molecule has 0 aromatic heterocycles.